The van der Waals surface area contributed by atoms with Gasteiger partial charge in [0.15, 0.2) is 0 Å². The number of nitrogens with zero attached hydrogens (tertiary/aromatic N) is 2. The molecule has 0 aliphatic rings. The van der Waals surface area contributed by atoms with Crippen molar-refractivity contribution in [2.24, 2.45) is 5.14 Å². The van der Waals surface area contributed by atoms with E-state index < -0.39 is 14.9 Å². The van der Waals surface area contributed by atoms with E-state index in [0.29, 0.717) is 16.6 Å². The molecule has 2 rings (SSSR count). The van der Waals surface area contributed by atoms with E-state index >= 15 is 0 Å². The first-order chi connectivity index (χ1) is 11.1. The van der Waals surface area contributed by atoms with E-state index in [-0.39, 0.29) is 16.3 Å². The topological polar surface area (TPSA) is 107 Å². The Balaban J connectivity index is 2.39. The number of nitro groups is 1. The lowest BCUT2D eigenvalue weighted by Crippen LogP contribution is -2.19. The molecule has 0 aliphatic heterocycles. The van der Waals surface area contributed by atoms with Crippen molar-refractivity contribution in [1.82, 2.24) is 0 Å². The van der Waals surface area contributed by atoms with Gasteiger partial charge >= 0.3 is 0 Å². The Morgan fingerprint density at radius 2 is 1.83 bits per heavy atom. The first-order valence-electron chi connectivity index (χ1n) is 6.56. The number of primary sulfonamides is 1. The fraction of sp³-hybridized carbons (Fsp3) is 0.143. The van der Waals surface area contributed by atoms with Crippen LogP contribution in [0.2, 0.25) is 10.0 Å². The third-order valence-electron chi connectivity index (χ3n) is 3.29. The van der Waals surface area contributed by atoms with Gasteiger partial charge < -0.3 is 4.90 Å². The van der Waals surface area contributed by atoms with E-state index in [1.165, 1.54) is 12.1 Å². The summed E-state index contributed by atoms with van der Waals surface area (Å²) < 4.78 is 22.7. The van der Waals surface area contributed by atoms with Gasteiger partial charge in [-0.1, -0.05) is 29.3 Å². The zero-order chi connectivity index (χ0) is 18.1. The number of anilines is 1. The first-order valence-corrected chi connectivity index (χ1v) is 8.86. The predicted octanol–water partition coefficient (Wildman–Crippen LogP) is 3.19. The molecule has 128 valence electrons. The molecule has 0 unspecified atom stereocenters. The zero-order valence-corrected chi connectivity index (χ0v) is 14.8. The lowest BCUT2D eigenvalue weighted by atomic mass is 10.2. The van der Waals surface area contributed by atoms with Crippen LogP contribution in [-0.4, -0.2) is 20.4 Å². The minimum atomic E-state index is -4.03. The minimum Gasteiger partial charge on any atom is -0.365 e. The van der Waals surface area contributed by atoms with E-state index in [0.717, 1.165) is 11.6 Å². The maximum Gasteiger partial charge on any atom is 0.293 e. The van der Waals surface area contributed by atoms with Gasteiger partial charge in [0, 0.05) is 19.7 Å². The average Bonchev–Trinajstić information content (AvgIpc) is 2.49. The summed E-state index contributed by atoms with van der Waals surface area (Å²) in [6.45, 7) is 0.312. The summed E-state index contributed by atoms with van der Waals surface area (Å²) >= 11 is 11.8. The molecule has 0 bridgehead atoms. The fourth-order valence-corrected chi connectivity index (χ4v) is 3.00. The SMILES string of the molecule is CN(Cc1ccc(Cl)c(Cl)c1)c1ccc(S(N)(=O)=O)cc1[N+](=O)[O-]. The number of nitrogens with two attached hydrogens (primary N) is 1. The molecule has 0 heterocycles. The van der Waals surface area contributed by atoms with E-state index in [1.54, 1.807) is 30.1 Å². The molecule has 0 aliphatic carbocycles. The van der Waals surface area contributed by atoms with E-state index in [9.17, 15) is 18.5 Å². The van der Waals surface area contributed by atoms with Crippen LogP contribution >= 0.6 is 23.2 Å². The van der Waals surface area contributed by atoms with Crippen LogP contribution in [0.5, 0.6) is 0 Å². The van der Waals surface area contributed by atoms with Crippen LogP contribution in [0.15, 0.2) is 41.3 Å². The highest BCUT2D eigenvalue weighted by Crippen LogP contribution is 2.31. The molecule has 0 aromatic heterocycles. The van der Waals surface area contributed by atoms with Crippen LogP contribution in [0.4, 0.5) is 11.4 Å². The first kappa shape index (κ1) is 18.5. The second-order valence-electron chi connectivity index (χ2n) is 5.06. The molecule has 0 fully saturated rings. The summed E-state index contributed by atoms with van der Waals surface area (Å²) in [6, 6.07) is 8.54. The Labute approximate surface area is 148 Å². The predicted molar refractivity (Wildman–Crippen MR) is 93.0 cm³/mol. The van der Waals surface area contributed by atoms with Crippen LogP contribution in [0, 0.1) is 10.1 Å². The van der Waals surface area contributed by atoms with Crippen molar-refractivity contribution in [2.75, 3.05) is 11.9 Å². The van der Waals surface area contributed by atoms with Gasteiger partial charge in [-0.15, -0.1) is 0 Å². The Kier molecular flexibility index (Phi) is 5.34. The molecular formula is C14H13Cl2N3O4S. The van der Waals surface area contributed by atoms with Gasteiger partial charge in [-0.2, -0.15) is 0 Å². The van der Waals surface area contributed by atoms with E-state index in [1.807, 2.05) is 0 Å². The minimum absolute atomic E-state index is 0.249. The highest BCUT2D eigenvalue weighted by Gasteiger charge is 2.21. The number of hydrogen-bond acceptors (Lipinski definition) is 5. The van der Waals surface area contributed by atoms with Gasteiger partial charge in [0.2, 0.25) is 10.0 Å². The molecule has 0 amide bonds. The second kappa shape index (κ2) is 6.94. The normalized spacial score (nSPS) is 11.3. The van der Waals surface area contributed by atoms with Gasteiger partial charge in [0.25, 0.3) is 5.69 Å². The molecule has 24 heavy (non-hydrogen) atoms. The lowest BCUT2D eigenvalue weighted by Gasteiger charge is -2.20. The number of rotatable bonds is 5. The van der Waals surface area contributed by atoms with Crippen LogP contribution in [0.1, 0.15) is 5.56 Å². The van der Waals surface area contributed by atoms with Gasteiger partial charge in [0.05, 0.1) is 19.9 Å². The second-order valence-corrected chi connectivity index (χ2v) is 7.43. The van der Waals surface area contributed by atoms with Crippen molar-refractivity contribution in [2.45, 2.75) is 11.4 Å². The van der Waals surface area contributed by atoms with Crippen LogP contribution in [-0.2, 0) is 16.6 Å². The third kappa shape index (κ3) is 4.15. The van der Waals surface area contributed by atoms with Gasteiger partial charge in [-0.25, -0.2) is 13.6 Å². The highest BCUT2D eigenvalue weighted by atomic mass is 35.5. The monoisotopic (exact) mass is 389 g/mol. The quantitative estimate of drug-likeness (QED) is 0.623. The van der Waals surface area contributed by atoms with E-state index in [2.05, 4.69) is 0 Å². The number of nitro benzene ring substituents is 1. The lowest BCUT2D eigenvalue weighted by molar-refractivity contribution is -0.384. The van der Waals surface area contributed by atoms with Crippen molar-refractivity contribution in [3.63, 3.8) is 0 Å². The number of sulfonamides is 1. The Hall–Kier alpha value is -1.87. The van der Waals surface area contributed by atoms with Crippen LogP contribution < -0.4 is 10.0 Å². The molecule has 0 saturated carbocycles. The molecule has 0 spiro atoms. The Morgan fingerprint density at radius 3 is 2.38 bits per heavy atom. The largest absolute Gasteiger partial charge is 0.365 e. The molecule has 2 N–H and O–H groups in total. The summed E-state index contributed by atoms with van der Waals surface area (Å²) in [5.41, 5.74) is 0.680. The van der Waals surface area contributed by atoms with Crippen LogP contribution in [0.3, 0.4) is 0 Å². The Morgan fingerprint density at radius 1 is 1.17 bits per heavy atom. The van der Waals surface area contributed by atoms with Crippen molar-refractivity contribution in [1.29, 1.82) is 0 Å². The Bertz CT molecular complexity index is 903. The summed E-state index contributed by atoms with van der Waals surface area (Å²) in [5.74, 6) is 0. The molecule has 7 nitrogen and oxygen atoms in total. The van der Waals surface area contributed by atoms with Crippen molar-refractivity contribution in [3.8, 4) is 0 Å². The average molecular weight is 390 g/mol. The summed E-state index contributed by atoms with van der Waals surface area (Å²) in [7, 11) is -2.39. The van der Waals surface area contributed by atoms with Crippen LogP contribution in [0.25, 0.3) is 0 Å². The smallest absolute Gasteiger partial charge is 0.293 e. The van der Waals surface area contributed by atoms with Crippen molar-refractivity contribution in [3.05, 3.63) is 62.1 Å². The van der Waals surface area contributed by atoms with Gasteiger partial charge in [0.1, 0.15) is 5.69 Å². The zero-order valence-electron chi connectivity index (χ0n) is 12.4. The summed E-state index contributed by atoms with van der Waals surface area (Å²) in [5, 5.41) is 17.1. The number of benzene rings is 2. The molecule has 2 aromatic carbocycles. The summed E-state index contributed by atoms with van der Waals surface area (Å²) in [6.07, 6.45) is 0. The standard InChI is InChI=1S/C14H13Cl2N3O4S/c1-18(8-9-2-4-11(15)12(16)6-9)13-5-3-10(24(17,22)23)7-14(13)19(20)21/h2-7H,8H2,1H3,(H2,17,22,23). The maximum atomic E-state index is 11.4. The number of hydrogen-bond donors (Lipinski definition) is 1. The maximum absolute atomic E-state index is 11.4. The molecule has 0 saturated heterocycles. The molecule has 0 atom stereocenters. The third-order valence-corrected chi connectivity index (χ3v) is 4.94. The van der Waals surface area contributed by atoms with Crippen molar-refractivity contribution < 1.29 is 13.3 Å². The summed E-state index contributed by atoms with van der Waals surface area (Å²) in [4.78, 5) is 11.9. The van der Waals surface area contributed by atoms with Crippen molar-refractivity contribution >= 4 is 44.6 Å². The molecular weight excluding hydrogens is 377 g/mol. The molecule has 2 aromatic rings. The fourth-order valence-electron chi connectivity index (χ4n) is 2.15. The number of halogens is 2. The molecule has 10 heteroatoms. The van der Waals surface area contributed by atoms with E-state index in [4.69, 9.17) is 28.3 Å². The molecule has 0 radical (unpaired) electrons. The highest BCUT2D eigenvalue weighted by molar-refractivity contribution is 7.89. The van der Waals surface area contributed by atoms with Gasteiger partial charge in [-0.3, -0.25) is 10.1 Å². The van der Waals surface area contributed by atoms with Gasteiger partial charge in [-0.05, 0) is 29.8 Å².